The van der Waals surface area contributed by atoms with Crippen LogP contribution in [0.5, 0.6) is 5.75 Å². The molecule has 21 heavy (non-hydrogen) atoms. The average Bonchev–Trinajstić information content (AvgIpc) is 3.11. The van der Waals surface area contributed by atoms with Gasteiger partial charge in [0.25, 0.3) is 0 Å². The maximum atomic E-state index is 6.78. The van der Waals surface area contributed by atoms with Crippen molar-refractivity contribution in [2.24, 2.45) is 0 Å². The molecule has 0 saturated heterocycles. The molecule has 1 aromatic heterocycles. The first-order valence-corrected chi connectivity index (χ1v) is 8.49. The first kappa shape index (κ1) is 13.4. The van der Waals surface area contributed by atoms with E-state index in [1.165, 1.54) is 10.1 Å². The van der Waals surface area contributed by atoms with E-state index >= 15 is 0 Å². The van der Waals surface area contributed by atoms with E-state index in [0.29, 0.717) is 6.61 Å². The maximum Gasteiger partial charge on any atom is 0.127 e. The van der Waals surface area contributed by atoms with Gasteiger partial charge in [0.1, 0.15) is 5.75 Å². The second-order valence-corrected chi connectivity index (χ2v) is 6.92. The van der Waals surface area contributed by atoms with Gasteiger partial charge in [-0.1, -0.05) is 29.8 Å². The van der Waals surface area contributed by atoms with Crippen LogP contribution >= 0.6 is 34.5 Å². The highest BCUT2D eigenvalue weighted by Gasteiger charge is 2.24. The minimum Gasteiger partial charge on any atom is -0.493 e. The molecular formula is C17H12Cl2OS. The number of rotatable bonds is 2. The zero-order valence-corrected chi connectivity index (χ0v) is 13.4. The smallest absolute Gasteiger partial charge is 0.127 e. The molecule has 1 aliphatic rings. The van der Waals surface area contributed by atoms with Crippen LogP contribution in [-0.4, -0.2) is 6.61 Å². The molecule has 0 saturated carbocycles. The van der Waals surface area contributed by atoms with E-state index in [0.717, 1.165) is 33.9 Å². The van der Waals surface area contributed by atoms with Crippen LogP contribution in [0, 0.1) is 0 Å². The highest BCUT2D eigenvalue weighted by molar-refractivity contribution is 7.17. The third-order valence-electron chi connectivity index (χ3n) is 3.83. The number of benzene rings is 2. The van der Waals surface area contributed by atoms with E-state index in [2.05, 4.69) is 17.5 Å². The third kappa shape index (κ3) is 2.22. The lowest BCUT2D eigenvalue weighted by Gasteiger charge is -2.14. The Morgan fingerprint density at radius 2 is 2.00 bits per heavy atom. The topological polar surface area (TPSA) is 9.23 Å². The van der Waals surface area contributed by atoms with Crippen molar-refractivity contribution in [3.8, 4) is 5.75 Å². The maximum absolute atomic E-state index is 6.78. The van der Waals surface area contributed by atoms with E-state index in [1.807, 2.05) is 24.3 Å². The number of ether oxygens (including phenoxy) is 1. The van der Waals surface area contributed by atoms with Crippen molar-refractivity contribution in [1.82, 2.24) is 0 Å². The van der Waals surface area contributed by atoms with Gasteiger partial charge in [-0.25, -0.2) is 0 Å². The van der Waals surface area contributed by atoms with Crippen LogP contribution in [0.3, 0.4) is 0 Å². The normalized spacial score (nSPS) is 15.0. The molecule has 4 rings (SSSR count). The fourth-order valence-corrected chi connectivity index (χ4v) is 4.50. The molecule has 2 heterocycles. The van der Waals surface area contributed by atoms with Crippen LogP contribution in [0.25, 0.3) is 10.1 Å². The summed E-state index contributed by atoms with van der Waals surface area (Å²) in [6.45, 7) is 0.705. The largest absolute Gasteiger partial charge is 0.493 e. The predicted octanol–water partition coefficient (Wildman–Crippen LogP) is 5.82. The number of thiophene rings is 1. The second kappa shape index (κ2) is 5.20. The minimum absolute atomic E-state index is 0.244. The molecule has 0 fully saturated rings. The summed E-state index contributed by atoms with van der Waals surface area (Å²) >= 11 is 14.7. The van der Waals surface area contributed by atoms with Crippen molar-refractivity contribution in [3.63, 3.8) is 0 Å². The fraction of sp³-hybridized carbons (Fsp3) is 0.176. The van der Waals surface area contributed by atoms with Gasteiger partial charge in [0.2, 0.25) is 0 Å². The Balaban J connectivity index is 1.87. The van der Waals surface area contributed by atoms with Crippen molar-refractivity contribution >= 4 is 44.6 Å². The minimum atomic E-state index is -0.244. The number of alkyl halides is 1. The molecule has 1 unspecified atom stereocenters. The Hall–Kier alpha value is -1.22. The number of halogens is 2. The molecule has 0 radical (unpaired) electrons. The molecule has 0 amide bonds. The van der Waals surface area contributed by atoms with Crippen molar-refractivity contribution in [2.75, 3.05) is 6.61 Å². The summed E-state index contributed by atoms with van der Waals surface area (Å²) in [5, 5.41) is 3.81. The van der Waals surface area contributed by atoms with E-state index in [-0.39, 0.29) is 5.38 Å². The van der Waals surface area contributed by atoms with Crippen molar-refractivity contribution < 1.29 is 4.74 Å². The summed E-state index contributed by atoms with van der Waals surface area (Å²) < 4.78 is 7.02. The van der Waals surface area contributed by atoms with E-state index in [9.17, 15) is 0 Å². The highest BCUT2D eigenvalue weighted by atomic mass is 35.5. The van der Waals surface area contributed by atoms with Crippen LogP contribution in [0.2, 0.25) is 5.02 Å². The molecule has 2 aromatic carbocycles. The van der Waals surface area contributed by atoms with Gasteiger partial charge < -0.3 is 4.74 Å². The molecule has 4 heteroatoms. The highest BCUT2D eigenvalue weighted by Crippen LogP contribution is 2.44. The van der Waals surface area contributed by atoms with Crippen molar-refractivity contribution in [3.05, 3.63) is 63.5 Å². The van der Waals surface area contributed by atoms with Crippen molar-refractivity contribution in [1.29, 1.82) is 0 Å². The molecular weight excluding hydrogens is 323 g/mol. The molecule has 1 aliphatic heterocycles. The van der Waals surface area contributed by atoms with Crippen LogP contribution < -0.4 is 4.74 Å². The molecule has 0 spiro atoms. The Bertz CT molecular complexity index is 825. The van der Waals surface area contributed by atoms with Crippen LogP contribution in [0.4, 0.5) is 0 Å². The predicted molar refractivity (Wildman–Crippen MR) is 90.2 cm³/mol. The SMILES string of the molecule is Clc1cc2c(c(C(Cl)c3csc4ccccc34)c1)OCC2. The summed E-state index contributed by atoms with van der Waals surface area (Å²) in [6.07, 6.45) is 0.900. The van der Waals surface area contributed by atoms with Gasteiger partial charge in [-0.3, -0.25) is 0 Å². The van der Waals surface area contributed by atoms with Gasteiger partial charge in [0.15, 0.2) is 0 Å². The van der Waals surface area contributed by atoms with Gasteiger partial charge in [0.05, 0.1) is 12.0 Å². The second-order valence-electron chi connectivity index (χ2n) is 5.13. The van der Waals surface area contributed by atoms with Crippen LogP contribution in [-0.2, 0) is 6.42 Å². The molecule has 106 valence electrons. The molecule has 1 nitrogen and oxygen atoms in total. The molecule has 3 aromatic rings. The zero-order chi connectivity index (χ0) is 14.4. The lowest BCUT2D eigenvalue weighted by Crippen LogP contribution is -1.97. The van der Waals surface area contributed by atoms with E-state index in [4.69, 9.17) is 27.9 Å². The van der Waals surface area contributed by atoms with Gasteiger partial charge >= 0.3 is 0 Å². The van der Waals surface area contributed by atoms with Crippen LogP contribution in [0.1, 0.15) is 22.1 Å². The summed E-state index contributed by atoms with van der Waals surface area (Å²) in [4.78, 5) is 0. The molecule has 1 atom stereocenters. The number of hydrogen-bond donors (Lipinski definition) is 0. The number of fused-ring (bicyclic) bond motifs is 2. The third-order valence-corrected chi connectivity index (χ3v) is 5.50. The summed E-state index contributed by atoms with van der Waals surface area (Å²) in [5.74, 6) is 0.912. The Kier molecular flexibility index (Phi) is 3.33. The quantitative estimate of drug-likeness (QED) is 0.536. The van der Waals surface area contributed by atoms with Gasteiger partial charge in [0, 0.05) is 21.7 Å². The molecule has 0 N–H and O–H groups in total. The number of hydrogen-bond acceptors (Lipinski definition) is 2. The Morgan fingerprint density at radius 3 is 2.90 bits per heavy atom. The van der Waals surface area contributed by atoms with E-state index < -0.39 is 0 Å². The first-order chi connectivity index (χ1) is 10.2. The van der Waals surface area contributed by atoms with Crippen LogP contribution in [0.15, 0.2) is 41.8 Å². The molecule has 0 bridgehead atoms. The first-order valence-electron chi connectivity index (χ1n) is 6.79. The lowest BCUT2D eigenvalue weighted by atomic mass is 10.00. The van der Waals surface area contributed by atoms with Gasteiger partial charge in [-0.05, 0) is 40.1 Å². The Morgan fingerprint density at radius 1 is 1.14 bits per heavy atom. The van der Waals surface area contributed by atoms with Crippen molar-refractivity contribution in [2.45, 2.75) is 11.8 Å². The summed E-state index contributed by atoms with van der Waals surface area (Å²) in [5.41, 5.74) is 3.25. The fourth-order valence-electron chi connectivity index (χ4n) is 2.85. The lowest BCUT2D eigenvalue weighted by molar-refractivity contribution is 0.353. The Labute approximate surface area is 137 Å². The standard InChI is InChI=1S/C17H12Cl2OS/c18-11-7-10-5-6-20-17(10)13(8-11)16(19)14-9-21-15-4-2-1-3-12(14)15/h1-4,7-9,16H,5-6H2. The summed E-state index contributed by atoms with van der Waals surface area (Å²) in [7, 11) is 0. The van der Waals surface area contributed by atoms with E-state index in [1.54, 1.807) is 11.3 Å². The average molecular weight is 335 g/mol. The molecule has 0 aliphatic carbocycles. The van der Waals surface area contributed by atoms with Gasteiger partial charge in [-0.15, -0.1) is 22.9 Å². The monoisotopic (exact) mass is 334 g/mol. The van der Waals surface area contributed by atoms with Gasteiger partial charge in [-0.2, -0.15) is 0 Å². The zero-order valence-electron chi connectivity index (χ0n) is 11.1. The summed E-state index contributed by atoms with van der Waals surface area (Å²) in [6, 6.07) is 12.2.